The highest BCUT2D eigenvalue weighted by molar-refractivity contribution is 6.33. The van der Waals surface area contributed by atoms with E-state index in [0.717, 1.165) is 92.9 Å². The Labute approximate surface area is 584 Å². The predicted octanol–water partition coefficient (Wildman–Crippen LogP) is 13.8. The molecule has 3 unspecified atom stereocenters. The van der Waals surface area contributed by atoms with E-state index < -0.39 is 22.9 Å². The van der Waals surface area contributed by atoms with Crippen molar-refractivity contribution in [3.63, 3.8) is 0 Å². The van der Waals surface area contributed by atoms with Crippen molar-refractivity contribution in [1.82, 2.24) is 30.7 Å². The Morgan fingerprint density at radius 3 is 0.968 bits per heavy atom. The van der Waals surface area contributed by atoms with Crippen molar-refractivity contribution in [3.05, 3.63) is 113 Å². The standard InChI is InChI=1S/C20H30ClN3O3.C18H27ClN2O3.C18H25ClN2O3.C15H22ClN3O/c1-13-11-16(14(2)22-15(3)25)18(12-17(13)21)23-7-9-24(10-8-23)19(26)27-20(4,5)6;2*1-12-10-14(13(2)22)16(11-15(12)19)20-6-8-21(9-7-20)17(23)24-18(3,4)5;1-10-8-13(11(2)18-12(3)20)15(9-14(10)16)19-6-4-17-5-7-19/h11-12,14H,7-10H2,1-6H3,(H,22,25);10-11,13,22H,6-9H2,1-5H3;10-11H,6-9H2,1-5H3;8-9,11,17H,4-7H2,1-3H3,(H,18,20). The monoisotopic (exact) mass is 1400 g/mol. The van der Waals surface area contributed by atoms with Crippen LogP contribution in [0.2, 0.25) is 20.1 Å². The molecule has 24 heteroatoms. The summed E-state index contributed by atoms with van der Waals surface area (Å²) in [4.78, 5) is 85.3. The highest BCUT2D eigenvalue weighted by Crippen LogP contribution is 2.37. The van der Waals surface area contributed by atoms with Gasteiger partial charge in [-0.05, 0) is 187 Å². The Morgan fingerprint density at radius 1 is 0.421 bits per heavy atom. The molecular weight excluding hydrogens is 1290 g/mol. The van der Waals surface area contributed by atoms with E-state index in [1.54, 1.807) is 35.5 Å². The number of aryl methyl sites for hydroxylation is 4. The SMILES string of the molecule is CC(=O)NC(C)c1cc(C)c(Cl)cc1N1CCN(C(=O)OC(C)(C)C)CC1.CC(=O)NC(C)c1cc(C)c(Cl)cc1N1CCNCC1.CC(=O)c1cc(C)c(Cl)cc1N1CCN(C(=O)OC(C)(C)C)CC1.Cc1cc(C(C)O)c(N2CCN(C(=O)OC(C)(C)C)CC2)cc1Cl. The molecule has 95 heavy (non-hydrogen) atoms. The molecule has 4 saturated heterocycles. The molecule has 4 aromatic rings. The fraction of sp³-hybridized carbons (Fsp3) is 0.577. The van der Waals surface area contributed by atoms with Crippen LogP contribution in [0.25, 0.3) is 0 Å². The van der Waals surface area contributed by atoms with Crippen molar-refractivity contribution >= 4 is 105 Å². The number of hydrogen-bond acceptors (Lipinski definition) is 15. The molecule has 4 aliphatic heterocycles. The van der Waals surface area contributed by atoms with Gasteiger partial charge in [-0.3, -0.25) is 14.4 Å². The summed E-state index contributed by atoms with van der Waals surface area (Å²) in [5, 5.41) is 22.1. The molecule has 526 valence electrons. The predicted molar refractivity (Wildman–Crippen MR) is 385 cm³/mol. The number of ether oxygens (including phenoxy) is 3. The zero-order valence-electron chi connectivity index (χ0n) is 59.4. The molecule has 20 nitrogen and oxygen atoms in total. The summed E-state index contributed by atoms with van der Waals surface area (Å²) in [6.07, 6.45) is -1.42. The summed E-state index contributed by atoms with van der Waals surface area (Å²) in [5.74, 6) is -0.0773. The van der Waals surface area contributed by atoms with Gasteiger partial charge in [0.05, 0.1) is 18.2 Å². The van der Waals surface area contributed by atoms with Crippen LogP contribution >= 0.6 is 46.4 Å². The lowest BCUT2D eigenvalue weighted by Crippen LogP contribution is -2.50. The van der Waals surface area contributed by atoms with Crippen LogP contribution in [0.5, 0.6) is 0 Å². The van der Waals surface area contributed by atoms with E-state index in [1.807, 2.05) is 146 Å². The quantitative estimate of drug-likeness (QED) is 0.0860. The summed E-state index contributed by atoms with van der Waals surface area (Å²) >= 11 is 25.2. The maximum absolute atomic E-state index is 12.3. The van der Waals surface area contributed by atoms with E-state index in [-0.39, 0.29) is 48.0 Å². The van der Waals surface area contributed by atoms with Gasteiger partial charge in [0.25, 0.3) is 0 Å². The second kappa shape index (κ2) is 34.7. The highest BCUT2D eigenvalue weighted by atomic mass is 35.5. The topological polar surface area (TPSA) is 209 Å². The Kier molecular flexibility index (Phi) is 28.9. The number of halogens is 4. The molecule has 3 atom stereocenters. The highest BCUT2D eigenvalue weighted by Gasteiger charge is 2.32. The number of rotatable bonds is 10. The van der Waals surface area contributed by atoms with E-state index >= 15 is 0 Å². The first-order valence-electron chi connectivity index (χ1n) is 32.7. The number of aliphatic hydroxyl groups excluding tert-OH is 1. The van der Waals surface area contributed by atoms with Crippen LogP contribution in [-0.2, 0) is 23.8 Å². The van der Waals surface area contributed by atoms with Crippen molar-refractivity contribution in [2.24, 2.45) is 0 Å². The average Bonchev–Trinajstić information content (AvgIpc) is 0.830. The van der Waals surface area contributed by atoms with Gasteiger partial charge in [0.2, 0.25) is 11.8 Å². The normalized spacial score (nSPS) is 16.3. The summed E-state index contributed by atoms with van der Waals surface area (Å²) in [5.41, 5.74) is 9.94. The molecule has 0 spiro atoms. The first-order chi connectivity index (χ1) is 44.1. The molecule has 0 saturated carbocycles. The van der Waals surface area contributed by atoms with Gasteiger partial charge in [-0.15, -0.1) is 0 Å². The number of hydrogen-bond donors (Lipinski definition) is 4. The Morgan fingerprint density at radius 2 is 0.684 bits per heavy atom. The van der Waals surface area contributed by atoms with Gasteiger partial charge in [0, 0.05) is 173 Å². The van der Waals surface area contributed by atoms with E-state index in [9.17, 15) is 33.9 Å². The minimum absolute atomic E-state index is 0.0133. The van der Waals surface area contributed by atoms with Crippen LogP contribution in [0.1, 0.15) is 171 Å². The molecule has 4 N–H and O–H groups in total. The third-order valence-electron chi connectivity index (χ3n) is 16.1. The number of ketones is 1. The van der Waals surface area contributed by atoms with Gasteiger partial charge < -0.3 is 69.6 Å². The van der Waals surface area contributed by atoms with E-state index in [1.165, 1.54) is 6.92 Å². The second-order valence-electron chi connectivity index (χ2n) is 27.8. The molecule has 5 amide bonds. The number of anilines is 4. The van der Waals surface area contributed by atoms with Gasteiger partial charge in [-0.25, -0.2) is 14.4 Å². The van der Waals surface area contributed by atoms with Crippen LogP contribution in [0.15, 0.2) is 48.5 Å². The summed E-state index contributed by atoms with van der Waals surface area (Å²) < 4.78 is 16.3. The first kappa shape index (κ1) is 79.3. The number of nitrogens with one attached hydrogen (secondary N) is 3. The lowest BCUT2D eigenvalue weighted by Gasteiger charge is -2.38. The van der Waals surface area contributed by atoms with Crippen LogP contribution in [0.3, 0.4) is 0 Å². The van der Waals surface area contributed by atoms with E-state index in [0.29, 0.717) is 99.2 Å². The molecule has 4 heterocycles. The fourth-order valence-electron chi connectivity index (χ4n) is 11.2. The largest absolute Gasteiger partial charge is 0.444 e. The van der Waals surface area contributed by atoms with Gasteiger partial charge in [0.15, 0.2) is 5.78 Å². The lowest BCUT2D eigenvalue weighted by atomic mass is 10.0. The zero-order valence-corrected chi connectivity index (χ0v) is 62.5. The zero-order chi connectivity index (χ0) is 71.2. The molecule has 0 bridgehead atoms. The number of piperazine rings is 4. The summed E-state index contributed by atoms with van der Waals surface area (Å²) in [6.45, 7) is 46.1. The van der Waals surface area contributed by atoms with Crippen LogP contribution < -0.4 is 35.6 Å². The number of benzene rings is 4. The Balaban J connectivity index is 0.000000230. The molecule has 4 aliphatic rings. The third kappa shape index (κ3) is 24.3. The minimum atomic E-state index is -0.570. The maximum Gasteiger partial charge on any atom is 0.410 e. The fourth-order valence-corrected chi connectivity index (χ4v) is 11.8. The number of amides is 5. The minimum Gasteiger partial charge on any atom is -0.444 e. The maximum atomic E-state index is 12.3. The van der Waals surface area contributed by atoms with Crippen LogP contribution in [-0.4, -0.2) is 177 Å². The van der Waals surface area contributed by atoms with Crippen LogP contribution in [0, 0.1) is 27.7 Å². The molecule has 0 aliphatic carbocycles. The third-order valence-corrected chi connectivity index (χ3v) is 17.7. The van der Waals surface area contributed by atoms with Gasteiger partial charge >= 0.3 is 18.3 Å². The van der Waals surface area contributed by atoms with Gasteiger partial charge in [-0.1, -0.05) is 58.5 Å². The van der Waals surface area contributed by atoms with E-state index in [2.05, 4.69) is 41.6 Å². The molecule has 4 fully saturated rings. The molecule has 0 radical (unpaired) electrons. The summed E-state index contributed by atoms with van der Waals surface area (Å²) in [7, 11) is 0. The Hall–Kier alpha value is -6.42. The number of carbonyl (C=O) groups excluding carboxylic acids is 6. The molecule has 8 rings (SSSR count). The first-order valence-corrected chi connectivity index (χ1v) is 34.2. The Bertz CT molecular complexity index is 3320. The lowest BCUT2D eigenvalue weighted by molar-refractivity contribution is -0.120. The van der Waals surface area contributed by atoms with Crippen molar-refractivity contribution in [2.75, 3.05) is 124 Å². The van der Waals surface area contributed by atoms with Crippen LogP contribution in [0.4, 0.5) is 37.1 Å². The smallest absolute Gasteiger partial charge is 0.410 e. The number of nitrogens with zero attached hydrogens (tertiary/aromatic N) is 7. The number of Topliss-reactive ketones (excluding diaryl/α,β-unsaturated/α-hetero) is 1. The number of aliphatic hydroxyl groups is 1. The van der Waals surface area contributed by atoms with Crippen molar-refractivity contribution in [3.8, 4) is 0 Å². The molecular formula is C71H104Cl4N10O10. The van der Waals surface area contributed by atoms with E-state index in [4.69, 9.17) is 60.6 Å². The van der Waals surface area contributed by atoms with Crippen molar-refractivity contribution in [2.45, 2.75) is 167 Å². The number of carbonyl (C=O) groups is 6. The van der Waals surface area contributed by atoms with Crippen molar-refractivity contribution < 1.29 is 48.1 Å². The molecule has 4 aromatic carbocycles. The summed E-state index contributed by atoms with van der Waals surface area (Å²) in [6, 6.07) is 15.5. The second-order valence-corrected chi connectivity index (χ2v) is 29.4. The van der Waals surface area contributed by atoms with Gasteiger partial charge in [0.1, 0.15) is 16.8 Å². The van der Waals surface area contributed by atoms with Gasteiger partial charge in [-0.2, -0.15) is 0 Å². The van der Waals surface area contributed by atoms with Crippen molar-refractivity contribution in [1.29, 1.82) is 0 Å². The molecule has 0 aromatic heterocycles. The average molecular weight is 1400 g/mol.